The van der Waals surface area contributed by atoms with Gasteiger partial charge in [-0.2, -0.15) is 0 Å². The van der Waals surface area contributed by atoms with E-state index in [2.05, 4.69) is 17.3 Å². The van der Waals surface area contributed by atoms with Crippen LogP contribution in [0.3, 0.4) is 0 Å². The molecule has 4 nitrogen and oxygen atoms in total. The summed E-state index contributed by atoms with van der Waals surface area (Å²) < 4.78 is 5.14. The molecule has 2 saturated carbocycles. The van der Waals surface area contributed by atoms with Crippen LogP contribution in [0.2, 0.25) is 0 Å². The van der Waals surface area contributed by atoms with E-state index in [1.54, 1.807) is 0 Å². The van der Waals surface area contributed by atoms with Crippen molar-refractivity contribution in [3.8, 4) is 0 Å². The molecule has 2 aliphatic carbocycles. The van der Waals surface area contributed by atoms with Crippen molar-refractivity contribution in [1.29, 1.82) is 0 Å². The molecule has 21 heavy (non-hydrogen) atoms. The summed E-state index contributed by atoms with van der Waals surface area (Å²) in [4.78, 5) is 14.3. The van der Waals surface area contributed by atoms with Crippen molar-refractivity contribution in [2.75, 3.05) is 33.3 Å². The van der Waals surface area contributed by atoms with Crippen LogP contribution in [0.15, 0.2) is 0 Å². The lowest BCUT2D eigenvalue weighted by Gasteiger charge is -2.28. The van der Waals surface area contributed by atoms with Crippen LogP contribution in [0.4, 0.5) is 0 Å². The minimum Gasteiger partial charge on any atom is -0.465 e. The van der Waals surface area contributed by atoms with Gasteiger partial charge in [-0.25, -0.2) is 0 Å². The summed E-state index contributed by atoms with van der Waals surface area (Å²) >= 11 is 0. The Morgan fingerprint density at radius 3 is 2.71 bits per heavy atom. The molecule has 4 unspecified atom stereocenters. The van der Waals surface area contributed by atoms with Gasteiger partial charge in [0.1, 0.15) is 6.04 Å². The number of nitrogens with zero attached hydrogens (tertiary/aromatic N) is 1. The van der Waals surface area contributed by atoms with E-state index in [1.165, 1.54) is 32.2 Å². The maximum absolute atomic E-state index is 11.9. The zero-order valence-corrected chi connectivity index (χ0v) is 13.9. The lowest BCUT2D eigenvalue weighted by Crippen LogP contribution is -2.41. The number of hydrogen-bond acceptors (Lipinski definition) is 4. The number of likely N-dealkylation sites (N-methyl/N-ethyl adjacent to an activating group) is 1. The van der Waals surface area contributed by atoms with Crippen LogP contribution in [0.1, 0.15) is 46.0 Å². The van der Waals surface area contributed by atoms with Gasteiger partial charge >= 0.3 is 5.97 Å². The molecule has 2 fully saturated rings. The van der Waals surface area contributed by atoms with Gasteiger partial charge < -0.3 is 15.0 Å². The Bertz CT molecular complexity index is 335. The lowest BCUT2D eigenvalue weighted by molar-refractivity contribution is -0.145. The predicted molar refractivity (Wildman–Crippen MR) is 85.1 cm³/mol. The lowest BCUT2D eigenvalue weighted by atomic mass is 9.88. The topological polar surface area (TPSA) is 41.6 Å². The van der Waals surface area contributed by atoms with Crippen LogP contribution in [-0.4, -0.2) is 50.2 Å². The minimum absolute atomic E-state index is 0.104. The first-order valence-electron chi connectivity index (χ1n) is 8.72. The second-order valence-electron chi connectivity index (χ2n) is 6.85. The van der Waals surface area contributed by atoms with Gasteiger partial charge in [0.05, 0.1) is 6.61 Å². The third kappa shape index (κ3) is 4.68. The summed E-state index contributed by atoms with van der Waals surface area (Å²) in [6.45, 7) is 7.32. The fourth-order valence-electron chi connectivity index (χ4n) is 4.23. The second kappa shape index (κ2) is 8.14. The number of ether oxygens (including phenoxy) is 1. The van der Waals surface area contributed by atoms with Gasteiger partial charge in [-0.1, -0.05) is 13.3 Å². The Balaban J connectivity index is 1.71. The van der Waals surface area contributed by atoms with Gasteiger partial charge in [0.2, 0.25) is 0 Å². The van der Waals surface area contributed by atoms with Crippen molar-refractivity contribution >= 4 is 5.97 Å². The molecule has 0 aromatic rings. The molecule has 0 aromatic heterocycles. The first-order valence-corrected chi connectivity index (χ1v) is 8.72. The molecular formula is C17H32N2O2. The third-order valence-electron chi connectivity index (χ3n) is 5.25. The summed E-state index contributed by atoms with van der Waals surface area (Å²) in [6.07, 6.45) is 6.66. The van der Waals surface area contributed by atoms with E-state index in [0.717, 1.165) is 37.3 Å². The van der Waals surface area contributed by atoms with E-state index in [0.29, 0.717) is 6.61 Å². The van der Waals surface area contributed by atoms with Crippen LogP contribution in [-0.2, 0) is 9.53 Å². The molecule has 2 bridgehead atoms. The number of rotatable bonds is 9. The van der Waals surface area contributed by atoms with E-state index in [4.69, 9.17) is 4.74 Å². The SMILES string of the molecule is CCNC(CCN(C)CC1CC2CCC1C2)C(=O)OCC. The molecule has 4 heteroatoms. The normalized spacial score (nSPS) is 29.0. The average molecular weight is 296 g/mol. The monoisotopic (exact) mass is 296 g/mol. The number of carbonyl (C=O) groups excluding carboxylic acids is 1. The van der Waals surface area contributed by atoms with Gasteiger partial charge in [-0.15, -0.1) is 0 Å². The van der Waals surface area contributed by atoms with Crippen LogP contribution in [0, 0.1) is 17.8 Å². The molecule has 0 aliphatic heterocycles. The zero-order valence-electron chi connectivity index (χ0n) is 13.9. The highest BCUT2D eigenvalue weighted by molar-refractivity contribution is 5.75. The van der Waals surface area contributed by atoms with Gasteiger partial charge in [-0.05, 0) is 70.5 Å². The van der Waals surface area contributed by atoms with Crippen molar-refractivity contribution < 1.29 is 9.53 Å². The highest BCUT2D eigenvalue weighted by Gasteiger charge is 2.39. The fraction of sp³-hybridized carbons (Fsp3) is 0.941. The minimum atomic E-state index is -0.155. The van der Waals surface area contributed by atoms with Crippen molar-refractivity contribution in [1.82, 2.24) is 10.2 Å². The highest BCUT2D eigenvalue weighted by atomic mass is 16.5. The van der Waals surface area contributed by atoms with Gasteiger partial charge in [0, 0.05) is 6.54 Å². The summed E-state index contributed by atoms with van der Waals surface area (Å²) in [5.41, 5.74) is 0. The third-order valence-corrected chi connectivity index (χ3v) is 5.25. The average Bonchev–Trinajstić information content (AvgIpc) is 3.06. The largest absolute Gasteiger partial charge is 0.465 e. The Morgan fingerprint density at radius 1 is 1.33 bits per heavy atom. The van der Waals surface area contributed by atoms with Crippen molar-refractivity contribution in [3.05, 3.63) is 0 Å². The van der Waals surface area contributed by atoms with Crippen molar-refractivity contribution in [3.63, 3.8) is 0 Å². The summed E-state index contributed by atoms with van der Waals surface area (Å²) in [5.74, 6) is 2.79. The molecule has 4 atom stereocenters. The highest BCUT2D eigenvalue weighted by Crippen LogP contribution is 2.48. The number of nitrogens with one attached hydrogen (secondary N) is 1. The molecule has 0 spiro atoms. The van der Waals surface area contributed by atoms with E-state index < -0.39 is 0 Å². The second-order valence-corrected chi connectivity index (χ2v) is 6.85. The quantitative estimate of drug-likeness (QED) is 0.663. The summed E-state index contributed by atoms with van der Waals surface area (Å²) in [7, 11) is 2.19. The van der Waals surface area contributed by atoms with Crippen LogP contribution in [0.5, 0.6) is 0 Å². The Labute approximate surface area is 129 Å². The fourth-order valence-corrected chi connectivity index (χ4v) is 4.23. The van der Waals surface area contributed by atoms with Crippen LogP contribution in [0.25, 0.3) is 0 Å². The molecule has 2 rings (SSSR count). The predicted octanol–water partition coefficient (Wildman–Crippen LogP) is 2.29. The molecule has 0 amide bonds. The Morgan fingerprint density at radius 2 is 2.14 bits per heavy atom. The van der Waals surface area contributed by atoms with E-state index in [-0.39, 0.29) is 12.0 Å². The summed E-state index contributed by atoms with van der Waals surface area (Å²) in [5, 5.41) is 3.24. The van der Waals surface area contributed by atoms with E-state index in [1.807, 2.05) is 13.8 Å². The standard InChI is InChI=1S/C17H32N2O2/c1-4-18-16(17(20)21-5-2)8-9-19(3)12-15-11-13-6-7-14(15)10-13/h13-16,18H,4-12H2,1-3H3. The van der Waals surface area contributed by atoms with Crippen LogP contribution >= 0.6 is 0 Å². The maximum atomic E-state index is 11.9. The number of esters is 1. The molecule has 2 aliphatic rings. The number of carbonyl (C=O) groups is 1. The zero-order chi connectivity index (χ0) is 15.2. The van der Waals surface area contributed by atoms with E-state index in [9.17, 15) is 4.79 Å². The van der Waals surface area contributed by atoms with Crippen LogP contribution < -0.4 is 5.32 Å². The van der Waals surface area contributed by atoms with Gasteiger partial charge in [0.15, 0.2) is 0 Å². The molecular weight excluding hydrogens is 264 g/mol. The summed E-state index contributed by atoms with van der Waals surface area (Å²) in [6, 6.07) is -0.155. The maximum Gasteiger partial charge on any atom is 0.323 e. The Kier molecular flexibility index (Phi) is 6.49. The molecule has 0 saturated heterocycles. The molecule has 0 heterocycles. The Hall–Kier alpha value is -0.610. The number of fused-ring (bicyclic) bond motifs is 2. The van der Waals surface area contributed by atoms with E-state index >= 15 is 0 Å². The van der Waals surface area contributed by atoms with Crippen molar-refractivity contribution in [2.24, 2.45) is 17.8 Å². The first kappa shape index (κ1) is 16.8. The molecule has 0 aromatic carbocycles. The molecule has 122 valence electrons. The first-order chi connectivity index (χ1) is 10.1. The van der Waals surface area contributed by atoms with Gasteiger partial charge in [0.25, 0.3) is 0 Å². The number of hydrogen-bond donors (Lipinski definition) is 1. The van der Waals surface area contributed by atoms with Gasteiger partial charge in [-0.3, -0.25) is 4.79 Å². The van der Waals surface area contributed by atoms with Crippen molar-refractivity contribution in [2.45, 2.75) is 52.0 Å². The molecule has 1 N–H and O–H groups in total. The molecule has 0 radical (unpaired) electrons. The smallest absolute Gasteiger partial charge is 0.323 e.